The Morgan fingerprint density at radius 1 is 1.20 bits per heavy atom. The number of fused-ring (bicyclic) bond motifs is 1. The lowest BCUT2D eigenvalue weighted by molar-refractivity contribution is 0.0594. The van der Waals surface area contributed by atoms with Crippen LogP contribution >= 0.6 is 0 Å². The van der Waals surface area contributed by atoms with Crippen molar-refractivity contribution in [1.82, 2.24) is 9.80 Å². The van der Waals surface area contributed by atoms with Crippen LogP contribution in [0.3, 0.4) is 0 Å². The smallest absolute Gasteiger partial charge is 0.253 e. The van der Waals surface area contributed by atoms with Crippen LogP contribution in [0, 0.1) is 5.92 Å². The van der Waals surface area contributed by atoms with Crippen LogP contribution in [0.25, 0.3) is 0 Å². The Morgan fingerprint density at radius 2 is 2.12 bits per heavy atom. The molecule has 2 atom stereocenters. The highest BCUT2D eigenvalue weighted by atomic mass is 16.5. The molecule has 0 saturated carbocycles. The van der Waals surface area contributed by atoms with Gasteiger partial charge in [0.05, 0.1) is 6.61 Å². The van der Waals surface area contributed by atoms with E-state index >= 15 is 0 Å². The lowest BCUT2D eigenvalue weighted by Gasteiger charge is -2.39. The first-order chi connectivity index (χ1) is 12.2. The topological polar surface area (TPSA) is 32.8 Å². The number of nitrogens with zero attached hydrogens (tertiary/aromatic N) is 2. The van der Waals surface area contributed by atoms with Crippen molar-refractivity contribution in [2.24, 2.45) is 5.92 Å². The van der Waals surface area contributed by atoms with Crippen LogP contribution in [0.4, 0.5) is 0 Å². The summed E-state index contributed by atoms with van der Waals surface area (Å²) in [7, 11) is 0. The van der Waals surface area contributed by atoms with Crippen molar-refractivity contribution in [3.8, 4) is 5.75 Å². The van der Waals surface area contributed by atoms with E-state index < -0.39 is 0 Å². The SMILES string of the molecule is CC1CCCCN1CC1CCCN(C(=O)c2ccc3c(c2)CCO3)C1. The van der Waals surface area contributed by atoms with Crippen molar-refractivity contribution in [2.45, 2.75) is 51.5 Å². The molecule has 25 heavy (non-hydrogen) atoms. The summed E-state index contributed by atoms with van der Waals surface area (Å²) in [6, 6.07) is 6.65. The summed E-state index contributed by atoms with van der Waals surface area (Å²) in [5.74, 6) is 1.77. The Hall–Kier alpha value is -1.55. The number of ether oxygens (including phenoxy) is 1. The first-order valence-corrected chi connectivity index (χ1v) is 10.00. The average molecular weight is 342 g/mol. The number of hydrogen-bond acceptors (Lipinski definition) is 3. The van der Waals surface area contributed by atoms with Gasteiger partial charge in [-0.2, -0.15) is 0 Å². The first kappa shape index (κ1) is 16.9. The van der Waals surface area contributed by atoms with Crippen molar-refractivity contribution in [2.75, 3.05) is 32.8 Å². The fourth-order valence-corrected chi connectivity index (χ4v) is 4.66. The first-order valence-electron chi connectivity index (χ1n) is 10.00. The molecule has 2 fully saturated rings. The predicted molar refractivity (Wildman–Crippen MR) is 99.2 cm³/mol. The van der Waals surface area contributed by atoms with Crippen molar-refractivity contribution in [1.29, 1.82) is 0 Å². The molecule has 4 nitrogen and oxygen atoms in total. The molecule has 1 aromatic rings. The van der Waals surface area contributed by atoms with E-state index in [-0.39, 0.29) is 5.91 Å². The second-order valence-electron chi connectivity index (χ2n) is 8.02. The van der Waals surface area contributed by atoms with Gasteiger partial charge >= 0.3 is 0 Å². The Labute approximate surface area is 151 Å². The highest BCUT2D eigenvalue weighted by Crippen LogP contribution is 2.28. The molecule has 136 valence electrons. The highest BCUT2D eigenvalue weighted by molar-refractivity contribution is 5.94. The van der Waals surface area contributed by atoms with Gasteiger partial charge in [-0.25, -0.2) is 0 Å². The van der Waals surface area contributed by atoms with Gasteiger partial charge in [-0.05, 0) is 68.8 Å². The molecule has 4 heteroatoms. The van der Waals surface area contributed by atoms with E-state index in [0.29, 0.717) is 12.0 Å². The number of rotatable bonds is 3. The minimum Gasteiger partial charge on any atom is -0.493 e. The molecule has 0 N–H and O–H groups in total. The highest BCUT2D eigenvalue weighted by Gasteiger charge is 2.28. The van der Waals surface area contributed by atoms with E-state index in [9.17, 15) is 4.79 Å². The molecule has 3 aliphatic rings. The molecule has 2 saturated heterocycles. The third-order valence-corrected chi connectivity index (χ3v) is 6.18. The maximum Gasteiger partial charge on any atom is 0.253 e. The Morgan fingerprint density at radius 3 is 3.00 bits per heavy atom. The second kappa shape index (κ2) is 7.36. The van der Waals surface area contributed by atoms with Crippen molar-refractivity contribution in [3.05, 3.63) is 29.3 Å². The number of hydrogen-bond donors (Lipinski definition) is 0. The van der Waals surface area contributed by atoms with E-state index in [1.54, 1.807) is 0 Å². The molecule has 1 aromatic carbocycles. The van der Waals surface area contributed by atoms with Crippen LogP contribution in [0.1, 0.15) is 54.9 Å². The average Bonchev–Trinajstić information content (AvgIpc) is 3.11. The van der Waals surface area contributed by atoms with Gasteiger partial charge in [0.2, 0.25) is 0 Å². The van der Waals surface area contributed by atoms with Gasteiger partial charge in [-0.1, -0.05) is 6.42 Å². The maximum atomic E-state index is 13.0. The fraction of sp³-hybridized carbons (Fsp3) is 0.667. The lowest BCUT2D eigenvalue weighted by Crippen LogP contribution is -2.46. The fourth-order valence-electron chi connectivity index (χ4n) is 4.66. The van der Waals surface area contributed by atoms with E-state index in [4.69, 9.17) is 4.74 Å². The number of carbonyl (C=O) groups is 1. The monoisotopic (exact) mass is 342 g/mol. The molecule has 0 spiro atoms. The van der Waals surface area contributed by atoms with Gasteiger partial charge in [-0.15, -0.1) is 0 Å². The molecule has 0 radical (unpaired) electrons. The number of amides is 1. The molecule has 0 aromatic heterocycles. The zero-order valence-electron chi connectivity index (χ0n) is 15.4. The molecule has 0 aliphatic carbocycles. The third-order valence-electron chi connectivity index (χ3n) is 6.18. The third kappa shape index (κ3) is 3.69. The Bertz CT molecular complexity index is 630. The van der Waals surface area contributed by atoms with Crippen LogP contribution in [0.15, 0.2) is 18.2 Å². The number of benzene rings is 1. The summed E-state index contributed by atoms with van der Waals surface area (Å²) in [6.07, 6.45) is 7.34. The van der Waals surface area contributed by atoms with E-state index in [1.165, 1.54) is 37.8 Å². The van der Waals surface area contributed by atoms with Crippen molar-refractivity contribution in [3.63, 3.8) is 0 Å². The zero-order valence-corrected chi connectivity index (χ0v) is 15.4. The summed E-state index contributed by atoms with van der Waals surface area (Å²) in [4.78, 5) is 17.7. The summed E-state index contributed by atoms with van der Waals surface area (Å²) in [5, 5.41) is 0. The van der Waals surface area contributed by atoms with Gasteiger partial charge in [0.25, 0.3) is 5.91 Å². The summed E-state index contributed by atoms with van der Waals surface area (Å²) in [6.45, 7) is 7.30. The van der Waals surface area contributed by atoms with Crippen LogP contribution in [-0.4, -0.2) is 54.5 Å². The van der Waals surface area contributed by atoms with E-state index in [1.807, 2.05) is 18.2 Å². The second-order valence-corrected chi connectivity index (χ2v) is 8.02. The Balaban J connectivity index is 1.39. The van der Waals surface area contributed by atoms with Crippen LogP contribution < -0.4 is 4.74 Å². The molecular weight excluding hydrogens is 312 g/mol. The van der Waals surface area contributed by atoms with E-state index in [0.717, 1.165) is 50.4 Å². The van der Waals surface area contributed by atoms with Gasteiger partial charge in [0.15, 0.2) is 0 Å². The van der Waals surface area contributed by atoms with Gasteiger partial charge < -0.3 is 14.5 Å². The molecule has 0 bridgehead atoms. The molecule has 3 aliphatic heterocycles. The number of piperidine rings is 2. The molecule has 2 unspecified atom stereocenters. The van der Waals surface area contributed by atoms with Gasteiger partial charge in [0, 0.05) is 37.7 Å². The zero-order chi connectivity index (χ0) is 17.2. The van der Waals surface area contributed by atoms with Crippen molar-refractivity contribution >= 4 is 5.91 Å². The molecule has 1 amide bonds. The molecule has 3 heterocycles. The summed E-state index contributed by atoms with van der Waals surface area (Å²) >= 11 is 0. The summed E-state index contributed by atoms with van der Waals surface area (Å²) < 4.78 is 5.56. The largest absolute Gasteiger partial charge is 0.493 e. The lowest BCUT2D eigenvalue weighted by atomic mass is 9.94. The van der Waals surface area contributed by atoms with Crippen LogP contribution in [0.5, 0.6) is 5.75 Å². The van der Waals surface area contributed by atoms with E-state index in [2.05, 4.69) is 16.7 Å². The molecule has 4 rings (SSSR count). The Kier molecular flexibility index (Phi) is 4.98. The predicted octanol–water partition coefficient (Wildman–Crippen LogP) is 3.35. The van der Waals surface area contributed by atoms with Gasteiger partial charge in [0.1, 0.15) is 5.75 Å². The standard InChI is InChI=1S/C21H30N2O2/c1-16-5-2-3-10-22(16)14-17-6-4-11-23(15-17)21(24)19-7-8-20-18(13-19)9-12-25-20/h7-8,13,16-17H,2-6,9-12,14-15H2,1H3. The minimum atomic E-state index is 0.200. The van der Waals surface area contributed by atoms with Crippen LogP contribution in [-0.2, 0) is 6.42 Å². The van der Waals surface area contributed by atoms with Gasteiger partial charge in [-0.3, -0.25) is 4.79 Å². The normalized spacial score (nSPS) is 27.0. The summed E-state index contributed by atoms with van der Waals surface area (Å²) in [5.41, 5.74) is 2.01. The van der Waals surface area contributed by atoms with Crippen molar-refractivity contribution < 1.29 is 9.53 Å². The number of carbonyl (C=O) groups excluding carboxylic acids is 1. The molecular formula is C21H30N2O2. The maximum absolute atomic E-state index is 13.0. The quantitative estimate of drug-likeness (QED) is 0.844. The minimum absolute atomic E-state index is 0.200. The van der Waals surface area contributed by atoms with Crippen LogP contribution in [0.2, 0.25) is 0 Å². The number of likely N-dealkylation sites (tertiary alicyclic amines) is 2.